The summed E-state index contributed by atoms with van der Waals surface area (Å²) >= 11 is 12.5. The van der Waals surface area contributed by atoms with Crippen LogP contribution in [0.25, 0.3) is 11.1 Å². The highest BCUT2D eigenvalue weighted by Crippen LogP contribution is 2.36. The number of furan rings is 1. The van der Waals surface area contributed by atoms with Crippen LogP contribution in [0.3, 0.4) is 0 Å². The molecule has 2 aromatic heterocycles. The molecule has 1 aliphatic rings. The molecule has 2 unspecified atom stereocenters. The molecule has 1 fully saturated rings. The van der Waals surface area contributed by atoms with Crippen LogP contribution in [0.4, 0.5) is 0 Å². The Kier molecular flexibility index (Phi) is 6.04. The highest BCUT2D eigenvalue weighted by molar-refractivity contribution is 6.35. The van der Waals surface area contributed by atoms with Gasteiger partial charge in [-0.05, 0) is 36.4 Å². The summed E-state index contributed by atoms with van der Waals surface area (Å²) in [6.07, 6.45) is 5.80. The largest absolute Gasteiger partial charge is 0.490 e. The van der Waals surface area contributed by atoms with Crippen molar-refractivity contribution in [2.24, 2.45) is 0 Å². The molecule has 29 heavy (non-hydrogen) atoms. The van der Waals surface area contributed by atoms with E-state index in [4.69, 9.17) is 32.4 Å². The van der Waals surface area contributed by atoms with Crippen molar-refractivity contribution < 1.29 is 13.9 Å². The van der Waals surface area contributed by atoms with Gasteiger partial charge >= 0.3 is 0 Å². The molecule has 2 atom stereocenters. The maximum absolute atomic E-state index is 11.7. The van der Waals surface area contributed by atoms with Crippen LogP contribution in [0.1, 0.15) is 11.8 Å². The highest BCUT2D eigenvalue weighted by Gasteiger charge is 2.31. The SMILES string of the molecule is O=CN1CC(c2occc2-c2cc(Cl)ccc2Cl)NCC1COc1cccnc1. The Morgan fingerprint density at radius 2 is 2.17 bits per heavy atom. The van der Waals surface area contributed by atoms with Gasteiger partial charge in [0.05, 0.1) is 24.5 Å². The number of aromatic nitrogens is 1. The number of amides is 1. The van der Waals surface area contributed by atoms with Gasteiger partial charge in [-0.3, -0.25) is 9.78 Å². The van der Waals surface area contributed by atoms with Gasteiger partial charge in [0.15, 0.2) is 0 Å². The third kappa shape index (κ3) is 4.40. The zero-order valence-electron chi connectivity index (χ0n) is 15.4. The molecule has 1 N–H and O–H groups in total. The molecule has 1 amide bonds. The number of carbonyl (C=O) groups is 1. The number of ether oxygens (including phenoxy) is 1. The van der Waals surface area contributed by atoms with Gasteiger partial charge in [-0.2, -0.15) is 0 Å². The molecule has 150 valence electrons. The van der Waals surface area contributed by atoms with Gasteiger partial charge in [-0.15, -0.1) is 0 Å². The summed E-state index contributed by atoms with van der Waals surface area (Å²) in [5.41, 5.74) is 1.65. The van der Waals surface area contributed by atoms with Gasteiger partial charge in [-0.25, -0.2) is 0 Å². The van der Waals surface area contributed by atoms with Crippen LogP contribution < -0.4 is 10.1 Å². The third-order valence-corrected chi connectivity index (χ3v) is 5.47. The molecule has 0 saturated carbocycles. The molecule has 4 rings (SSSR count). The van der Waals surface area contributed by atoms with E-state index in [1.54, 1.807) is 41.8 Å². The first-order valence-corrected chi connectivity index (χ1v) is 9.91. The maximum Gasteiger partial charge on any atom is 0.210 e. The second kappa shape index (κ2) is 8.86. The molecule has 0 aliphatic carbocycles. The Morgan fingerprint density at radius 1 is 1.28 bits per heavy atom. The second-order valence-corrected chi connectivity index (χ2v) is 7.58. The monoisotopic (exact) mass is 431 g/mol. The fourth-order valence-electron chi connectivity index (χ4n) is 3.42. The number of pyridine rings is 1. The zero-order valence-corrected chi connectivity index (χ0v) is 16.9. The average Bonchev–Trinajstić information content (AvgIpc) is 3.24. The van der Waals surface area contributed by atoms with E-state index in [0.717, 1.165) is 17.5 Å². The van der Waals surface area contributed by atoms with Crippen LogP contribution in [-0.4, -0.2) is 42.0 Å². The van der Waals surface area contributed by atoms with Crippen LogP contribution in [0.2, 0.25) is 10.0 Å². The van der Waals surface area contributed by atoms with E-state index in [1.165, 1.54) is 0 Å². The molecule has 3 heterocycles. The Labute approximate surface area is 178 Å². The smallest absolute Gasteiger partial charge is 0.210 e. The van der Waals surface area contributed by atoms with E-state index < -0.39 is 0 Å². The lowest BCUT2D eigenvalue weighted by atomic mass is 10.00. The van der Waals surface area contributed by atoms with Crippen molar-refractivity contribution >= 4 is 29.6 Å². The molecule has 0 radical (unpaired) electrons. The van der Waals surface area contributed by atoms with Gasteiger partial charge in [0, 0.05) is 40.5 Å². The molecular formula is C21H19Cl2N3O3. The minimum atomic E-state index is -0.171. The van der Waals surface area contributed by atoms with E-state index in [-0.39, 0.29) is 12.1 Å². The summed E-state index contributed by atoms with van der Waals surface area (Å²) < 4.78 is 11.5. The lowest BCUT2D eigenvalue weighted by molar-refractivity contribution is -0.122. The third-order valence-electron chi connectivity index (χ3n) is 4.90. The highest BCUT2D eigenvalue weighted by atomic mass is 35.5. The van der Waals surface area contributed by atoms with Crippen molar-refractivity contribution in [3.05, 3.63) is 70.9 Å². The first-order chi connectivity index (χ1) is 14.2. The fourth-order valence-corrected chi connectivity index (χ4v) is 3.81. The molecule has 1 aliphatic heterocycles. The van der Waals surface area contributed by atoms with Crippen molar-refractivity contribution in [2.75, 3.05) is 19.7 Å². The van der Waals surface area contributed by atoms with Crippen LogP contribution in [0.5, 0.6) is 5.75 Å². The number of hydrogen-bond acceptors (Lipinski definition) is 5. The van der Waals surface area contributed by atoms with Crippen LogP contribution in [-0.2, 0) is 4.79 Å². The lowest BCUT2D eigenvalue weighted by Crippen LogP contribution is -2.54. The van der Waals surface area contributed by atoms with Gasteiger partial charge in [-0.1, -0.05) is 23.2 Å². The molecule has 6 nitrogen and oxygen atoms in total. The molecule has 1 aromatic carbocycles. The Balaban J connectivity index is 1.49. The molecular weight excluding hydrogens is 413 g/mol. The van der Waals surface area contributed by atoms with E-state index in [0.29, 0.717) is 41.3 Å². The number of halogens is 2. The average molecular weight is 432 g/mol. The van der Waals surface area contributed by atoms with Gasteiger partial charge < -0.3 is 19.4 Å². The van der Waals surface area contributed by atoms with Crippen LogP contribution in [0, 0.1) is 0 Å². The minimum Gasteiger partial charge on any atom is -0.490 e. The summed E-state index contributed by atoms with van der Waals surface area (Å²) in [5, 5.41) is 4.63. The van der Waals surface area contributed by atoms with Gasteiger partial charge in [0.25, 0.3) is 0 Å². The number of carbonyl (C=O) groups excluding carboxylic acids is 1. The molecule has 8 heteroatoms. The maximum atomic E-state index is 11.7. The Bertz CT molecular complexity index is 980. The predicted octanol–water partition coefficient (Wildman–Crippen LogP) is 4.20. The first-order valence-electron chi connectivity index (χ1n) is 9.16. The number of benzene rings is 1. The summed E-state index contributed by atoms with van der Waals surface area (Å²) in [6, 6.07) is 10.5. The number of piperazine rings is 1. The van der Waals surface area contributed by atoms with Crippen LogP contribution in [0.15, 0.2) is 59.5 Å². The van der Waals surface area contributed by atoms with E-state index >= 15 is 0 Å². The van der Waals surface area contributed by atoms with Crippen molar-refractivity contribution in [1.29, 1.82) is 0 Å². The lowest BCUT2D eigenvalue weighted by Gasteiger charge is -2.37. The second-order valence-electron chi connectivity index (χ2n) is 6.74. The fraction of sp³-hybridized carbons (Fsp3) is 0.238. The topological polar surface area (TPSA) is 67.6 Å². The molecule has 1 saturated heterocycles. The van der Waals surface area contributed by atoms with Gasteiger partial charge in [0.1, 0.15) is 18.1 Å². The number of nitrogens with one attached hydrogen (secondary N) is 1. The van der Waals surface area contributed by atoms with E-state index in [2.05, 4.69) is 10.3 Å². The Morgan fingerprint density at radius 3 is 2.97 bits per heavy atom. The van der Waals surface area contributed by atoms with Crippen molar-refractivity contribution in [3.8, 4) is 16.9 Å². The predicted molar refractivity (Wildman–Crippen MR) is 111 cm³/mol. The van der Waals surface area contributed by atoms with Crippen LogP contribution >= 0.6 is 23.2 Å². The summed E-state index contributed by atoms with van der Waals surface area (Å²) in [6.45, 7) is 1.38. The first kappa shape index (κ1) is 19.8. The molecule has 0 spiro atoms. The standard InChI is InChI=1S/C21H19Cl2N3O3/c22-14-3-4-19(23)18(8-14)17-5-7-28-21(17)20-11-26(13-27)15(9-25-20)12-29-16-2-1-6-24-10-16/h1-8,10,13,15,20,25H,9,11-12H2. The summed E-state index contributed by atoms with van der Waals surface area (Å²) in [4.78, 5) is 17.5. The Hall–Kier alpha value is -2.54. The molecule has 0 bridgehead atoms. The number of hydrogen-bond donors (Lipinski definition) is 1. The van der Waals surface area contributed by atoms with Crippen molar-refractivity contribution in [2.45, 2.75) is 12.1 Å². The number of nitrogens with zero attached hydrogens (tertiary/aromatic N) is 2. The van der Waals surface area contributed by atoms with Crippen molar-refractivity contribution in [1.82, 2.24) is 15.2 Å². The van der Waals surface area contributed by atoms with E-state index in [1.807, 2.05) is 18.2 Å². The summed E-state index contributed by atoms with van der Waals surface area (Å²) in [7, 11) is 0. The summed E-state index contributed by atoms with van der Waals surface area (Å²) in [5.74, 6) is 1.39. The molecule has 3 aromatic rings. The van der Waals surface area contributed by atoms with Crippen molar-refractivity contribution in [3.63, 3.8) is 0 Å². The minimum absolute atomic E-state index is 0.0999. The number of rotatable bonds is 6. The normalized spacial score (nSPS) is 19.2. The quantitative estimate of drug-likeness (QED) is 0.592. The van der Waals surface area contributed by atoms with E-state index in [9.17, 15) is 4.79 Å². The zero-order chi connectivity index (χ0) is 20.2. The van der Waals surface area contributed by atoms with Gasteiger partial charge in [0.2, 0.25) is 6.41 Å².